The van der Waals surface area contributed by atoms with E-state index in [4.69, 9.17) is 0 Å². The van der Waals surface area contributed by atoms with Gasteiger partial charge in [-0.25, -0.2) is 21.9 Å². The predicted molar refractivity (Wildman–Crippen MR) is 108 cm³/mol. The number of aromatic nitrogens is 1. The van der Waals surface area contributed by atoms with E-state index >= 15 is 0 Å². The fourth-order valence-electron chi connectivity index (χ4n) is 4.39. The highest BCUT2D eigenvalue weighted by Gasteiger charge is 2.44. The van der Waals surface area contributed by atoms with Gasteiger partial charge in [-0.1, -0.05) is 6.08 Å². The number of amides is 3. The van der Waals surface area contributed by atoms with Gasteiger partial charge in [-0.15, -0.1) is 0 Å². The molecule has 1 saturated heterocycles. The Bertz CT molecular complexity index is 1300. The molecule has 0 spiro atoms. The van der Waals surface area contributed by atoms with Crippen LogP contribution in [0, 0.1) is 11.7 Å². The number of rotatable bonds is 3. The number of nitrogens with one attached hydrogen (secondary N) is 2. The molecule has 0 saturated carbocycles. The van der Waals surface area contributed by atoms with Crippen LogP contribution in [0.5, 0.6) is 0 Å². The number of urea groups is 1. The number of nitrogens with zero attached hydrogens (tertiary/aromatic N) is 2. The van der Waals surface area contributed by atoms with Gasteiger partial charge in [0.25, 0.3) is 10.0 Å². The van der Waals surface area contributed by atoms with Gasteiger partial charge < -0.3 is 15.2 Å². The largest absolute Gasteiger partial charge is 0.336 e. The van der Waals surface area contributed by atoms with E-state index in [1.807, 2.05) is 6.08 Å². The van der Waals surface area contributed by atoms with Gasteiger partial charge in [0.05, 0.1) is 11.7 Å². The number of halogens is 1. The molecule has 2 N–H and O–H groups in total. The van der Waals surface area contributed by atoms with E-state index in [0.29, 0.717) is 17.3 Å². The minimum absolute atomic E-state index is 0.0291. The summed E-state index contributed by atoms with van der Waals surface area (Å²) in [4.78, 5) is 40.5. The Morgan fingerprint density at radius 1 is 1.19 bits per heavy atom. The number of hydrogen-bond acceptors (Lipinski definition) is 5. The van der Waals surface area contributed by atoms with Gasteiger partial charge in [0.2, 0.25) is 11.5 Å². The second kappa shape index (κ2) is 6.77. The number of carbonyl (C=O) groups is 2. The lowest BCUT2D eigenvalue weighted by atomic mass is 10.0. The molecule has 9 nitrogen and oxygen atoms in total. The smallest absolute Gasteiger partial charge is 0.333 e. The van der Waals surface area contributed by atoms with Gasteiger partial charge in [-0.2, -0.15) is 0 Å². The van der Waals surface area contributed by atoms with Crippen molar-refractivity contribution in [2.45, 2.75) is 17.4 Å². The second-order valence-electron chi connectivity index (χ2n) is 7.70. The molecule has 2 atom stereocenters. The predicted octanol–water partition coefficient (Wildman–Crippen LogP) is 1.36. The summed E-state index contributed by atoms with van der Waals surface area (Å²) in [6.45, 7) is -0.274. The number of H-pyrrole nitrogens is 1. The number of hydrogen-bond donors (Lipinski definition) is 2. The molecule has 160 valence electrons. The highest BCUT2D eigenvalue weighted by Crippen LogP contribution is 2.41. The van der Waals surface area contributed by atoms with Gasteiger partial charge in [-0.05, 0) is 47.7 Å². The lowest BCUT2D eigenvalue weighted by Gasteiger charge is -2.32. The molecular weight excluding hydrogens is 427 g/mol. The first-order valence-corrected chi connectivity index (χ1v) is 11.0. The van der Waals surface area contributed by atoms with Crippen molar-refractivity contribution in [2.24, 2.45) is 5.92 Å². The molecule has 1 aromatic heterocycles. The number of fused-ring (bicyclic) bond motifs is 3. The lowest BCUT2D eigenvalue weighted by molar-refractivity contribution is -0.131. The third kappa shape index (κ3) is 3.12. The second-order valence-corrected chi connectivity index (χ2v) is 9.53. The summed E-state index contributed by atoms with van der Waals surface area (Å²) >= 11 is 0. The molecule has 2 aliphatic heterocycles. The molecule has 1 aliphatic carbocycles. The SMILES string of the molecule is O=C(CN1C(=O)Nc2ccc(F)cc2S1(=O)=O)N1C[C@H]2C=C(c3ccc(=O)[nH]c3)[C@@H]1C2. The van der Waals surface area contributed by atoms with Crippen LogP contribution >= 0.6 is 0 Å². The van der Waals surface area contributed by atoms with E-state index in [2.05, 4.69) is 10.3 Å². The molecule has 0 unspecified atom stereocenters. The molecule has 5 rings (SSSR count). The zero-order valence-corrected chi connectivity index (χ0v) is 16.9. The standard InChI is InChI=1S/C20H17FN4O5S/c21-13-2-3-15-17(7-13)31(29,30)25(20(28)23-15)10-19(27)24-9-11-5-14(16(24)6-11)12-1-4-18(26)22-8-12/h1-5,7-8,11,16H,6,9-10H2,(H,22,26)(H,23,28)/t11-,16-/m0/s1. The van der Waals surface area contributed by atoms with Crippen molar-refractivity contribution >= 4 is 33.2 Å². The maximum atomic E-state index is 13.6. The quantitative estimate of drug-likeness (QED) is 0.741. The van der Waals surface area contributed by atoms with E-state index < -0.39 is 39.2 Å². The molecule has 2 bridgehead atoms. The van der Waals surface area contributed by atoms with Crippen LogP contribution in [0.4, 0.5) is 14.9 Å². The van der Waals surface area contributed by atoms with Crippen LogP contribution in [-0.4, -0.2) is 53.7 Å². The molecule has 11 heteroatoms. The summed E-state index contributed by atoms with van der Waals surface area (Å²) in [5.41, 5.74) is 1.38. The summed E-state index contributed by atoms with van der Waals surface area (Å²) in [6, 6.07) is 4.85. The Morgan fingerprint density at radius 3 is 2.71 bits per heavy atom. The highest BCUT2D eigenvalue weighted by molar-refractivity contribution is 7.90. The topological polar surface area (TPSA) is 120 Å². The fraction of sp³-hybridized carbons (Fsp3) is 0.250. The van der Waals surface area contributed by atoms with Gasteiger partial charge in [0, 0.05) is 18.8 Å². The van der Waals surface area contributed by atoms with Crippen LogP contribution in [0.2, 0.25) is 0 Å². The first-order valence-electron chi connectivity index (χ1n) is 9.57. The molecular formula is C20H17FN4O5S. The Kier molecular flexibility index (Phi) is 4.26. The van der Waals surface area contributed by atoms with Crippen LogP contribution in [0.1, 0.15) is 12.0 Å². The van der Waals surface area contributed by atoms with Gasteiger partial charge in [-0.3, -0.25) is 9.59 Å². The van der Waals surface area contributed by atoms with Crippen molar-refractivity contribution in [1.29, 1.82) is 0 Å². The van der Waals surface area contributed by atoms with Crippen LogP contribution in [-0.2, 0) is 14.8 Å². The van der Waals surface area contributed by atoms with Crippen molar-refractivity contribution in [3.05, 3.63) is 64.3 Å². The van der Waals surface area contributed by atoms with Crippen molar-refractivity contribution < 1.29 is 22.4 Å². The summed E-state index contributed by atoms with van der Waals surface area (Å²) in [6.07, 6.45) is 4.31. The average molecular weight is 444 g/mol. The Hall–Kier alpha value is -3.47. The number of benzene rings is 1. The van der Waals surface area contributed by atoms with Crippen molar-refractivity contribution in [3.8, 4) is 0 Å². The maximum Gasteiger partial charge on any atom is 0.336 e. The molecule has 3 aliphatic rings. The number of anilines is 1. The molecule has 3 heterocycles. The first kappa shape index (κ1) is 19.5. The third-order valence-electron chi connectivity index (χ3n) is 5.80. The number of pyridine rings is 1. The normalized spacial score (nSPS) is 23.4. The number of aromatic amines is 1. The summed E-state index contributed by atoms with van der Waals surface area (Å²) in [5, 5.41) is 2.39. The molecule has 1 aromatic carbocycles. The van der Waals surface area contributed by atoms with Crippen molar-refractivity contribution in [2.75, 3.05) is 18.4 Å². The molecule has 0 radical (unpaired) electrons. The van der Waals surface area contributed by atoms with Crippen molar-refractivity contribution in [1.82, 2.24) is 14.2 Å². The summed E-state index contributed by atoms with van der Waals surface area (Å²) in [5.74, 6) is -1.18. The summed E-state index contributed by atoms with van der Waals surface area (Å²) < 4.78 is 39.8. The average Bonchev–Trinajstić information content (AvgIpc) is 3.33. The van der Waals surface area contributed by atoms with E-state index in [-0.39, 0.29) is 23.2 Å². The van der Waals surface area contributed by atoms with Gasteiger partial charge in [0.1, 0.15) is 17.3 Å². The number of likely N-dealkylation sites (tertiary alicyclic amines) is 1. The van der Waals surface area contributed by atoms with Crippen LogP contribution < -0.4 is 10.9 Å². The van der Waals surface area contributed by atoms with Gasteiger partial charge >= 0.3 is 6.03 Å². The summed E-state index contributed by atoms with van der Waals surface area (Å²) in [7, 11) is -4.38. The molecule has 3 amide bonds. The molecule has 31 heavy (non-hydrogen) atoms. The van der Waals surface area contributed by atoms with Crippen LogP contribution in [0.15, 0.2) is 52.3 Å². The Balaban J connectivity index is 1.39. The molecule has 2 aromatic rings. The Labute approximate surface area is 176 Å². The van der Waals surface area contributed by atoms with E-state index in [9.17, 15) is 27.2 Å². The van der Waals surface area contributed by atoms with E-state index in [1.165, 1.54) is 12.1 Å². The first-order chi connectivity index (χ1) is 14.7. The zero-order chi connectivity index (χ0) is 21.9. The fourth-order valence-corrected chi connectivity index (χ4v) is 5.83. The van der Waals surface area contributed by atoms with Crippen molar-refractivity contribution in [3.63, 3.8) is 0 Å². The highest BCUT2D eigenvalue weighted by atomic mass is 32.2. The number of sulfonamides is 1. The third-order valence-corrected chi connectivity index (χ3v) is 7.57. The van der Waals surface area contributed by atoms with Crippen LogP contribution in [0.3, 0.4) is 0 Å². The maximum absolute atomic E-state index is 13.6. The van der Waals surface area contributed by atoms with Crippen LogP contribution in [0.25, 0.3) is 5.57 Å². The Morgan fingerprint density at radius 2 is 2.00 bits per heavy atom. The zero-order valence-electron chi connectivity index (χ0n) is 16.0. The minimum atomic E-state index is -4.38. The minimum Gasteiger partial charge on any atom is -0.333 e. The van der Waals surface area contributed by atoms with E-state index in [1.54, 1.807) is 17.2 Å². The monoisotopic (exact) mass is 444 g/mol. The molecule has 1 fully saturated rings. The lowest BCUT2D eigenvalue weighted by Crippen LogP contribution is -2.50. The van der Waals surface area contributed by atoms with Gasteiger partial charge in [0.15, 0.2) is 0 Å². The number of carbonyl (C=O) groups excluding carboxylic acids is 2. The van der Waals surface area contributed by atoms with E-state index in [0.717, 1.165) is 23.3 Å².